The van der Waals surface area contributed by atoms with Crippen LogP contribution in [0.1, 0.15) is 39.3 Å². The Morgan fingerprint density at radius 1 is 1.06 bits per heavy atom. The van der Waals surface area contributed by atoms with E-state index in [-0.39, 0.29) is 0 Å². The van der Waals surface area contributed by atoms with Crippen molar-refractivity contribution in [3.63, 3.8) is 0 Å². The van der Waals surface area contributed by atoms with Crippen molar-refractivity contribution >= 4 is 22.5 Å². The van der Waals surface area contributed by atoms with Crippen molar-refractivity contribution in [1.82, 2.24) is 4.98 Å². The molecule has 1 heterocycles. The highest BCUT2D eigenvalue weighted by molar-refractivity contribution is 6.31. The third kappa shape index (κ3) is 2.96. The fourth-order valence-corrected chi connectivity index (χ4v) is 1.61. The van der Waals surface area contributed by atoms with E-state index in [0.29, 0.717) is 5.92 Å². The van der Waals surface area contributed by atoms with Gasteiger partial charge >= 0.3 is 0 Å². The standard InChI is InChI=1S/C12H12ClN.C2H6/c1-8(2)11-5-3-9-7-10(13)4-6-12(9)14-11;1-2/h3-8H,1-2H3;1-2H3. The number of halogens is 1. The summed E-state index contributed by atoms with van der Waals surface area (Å²) in [5.74, 6) is 0.468. The minimum Gasteiger partial charge on any atom is -0.253 e. The molecule has 2 rings (SSSR count). The van der Waals surface area contributed by atoms with Crippen molar-refractivity contribution in [2.24, 2.45) is 0 Å². The lowest BCUT2D eigenvalue weighted by Gasteiger charge is -2.05. The normalized spacial score (nSPS) is 10.1. The maximum Gasteiger partial charge on any atom is 0.0706 e. The number of hydrogen-bond acceptors (Lipinski definition) is 1. The SMILES string of the molecule is CC.CC(C)c1ccc2cc(Cl)ccc2n1. The number of aromatic nitrogens is 1. The van der Waals surface area contributed by atoms with E-state index in [2.05, 4.69) is 31.0 Å². The molecular weight excluding hydrogens is 218 g/mol. The largest absolute Gasteiger partial charge is 0.253 e. The van der Waals surface area contributed by atoms with E-state index in [0.717, 1.165) is 21.6 Å². The molecule has 0 aliphatic heterocycles. The van der Waals surface area contributed by atoms with E-state index < -0.39 is 0 Å². The van der Waals surface area contributed by atoms with Crippen molar-refractivity contribution in [1.29, 1.82) is 0 Å². The van der Waals surface area contributed by atoms with E-state index >= 15 is 0 Å². The average Bonchev–Trinajstić information content (AvgIpc) is 2.30. The molecule has 0 N–H and O–H groups in total. The summed E-state index contributed by atoms with van der Waals surface area (Å²) in [7, 11) is 0. The van der Waals surface area contributed by atoms with Gasteiger partial charge in [-0.15, -0.1) is 0 Å². The van der Waals surface area contributed by atoms with Crippen LogP contribution in [0.3, 0.4) is 0 Å². The number of hydrogen-bond donors (Lipinski definition) is 0. The molecule has 0 bridgehead atoms. The van der Waals surface area contributed by atoms with Crippen molar-refractivity contribution in [2.45, 2.75) is 33.6 Å². The number of benzene rings is 1. The van der Waals surface area contributed by atoms with Crippen LogP contribution in [-0.2, 0) is 0 Å². The molecule has 0 saturated heterocycles. The molecule has 0 amide bonds. The number of pyridine rings is 1. The zero-order valence-electron chi connectivity index (χ0n) is 10.3. The van der Waals surface area contributed by atoms with Crippen molar-refractivity contribution in [2.75, 3.05) is 0 Å². The summed E-state index contributed by atoms with van der Waals surface area (Å²) in [6.45, 7) is 8.29. The van der Waals surface area contributed by atoms with Gasteiger partial charge < -0.3 is 0 Å². The molecule has 16 heavy (non-hydrogen) atoms. The molecule has 2 heteroatoms. The molecule has 1 nitrogen and oxygen atoms in total. The second kappa shape index (κ2) is 5.86. The average molecular weight is 236 g/mol. The molecule has 0 atom stereocenters. The Morgan fingerprint density at radius 3 is 2.38 bits per heavy atom. The van der Waals surface area contributed by atoms with E-state index in [4.69, 9.17) is 11.6 Å². The maximum absolute atomic E-state index is 5.89. The first-order chi connectivity index (χ1) is 7.66. The maximum atomic E-state index is 5.89. The zero-order valence-corrected chi connectivity index (χ0v) is 11.0. The van der Waals surface area contributed by atoms with Crippen LogP contribution in [0.5, 0.6) is 0 Å². The van der Waals surface area contributed by atoms with Gasteiger partial charge in [0.1, 0.15) is 0 Å². The zero-order chi connectivity index (χ0) is 12.1. The van der Waals surface area contributed by atoms with Crippen LogP contribution in [0.15, 0.2) is 30.3 Å². The van der Waals surface area contributed by atoms with E-state index in [1.165, 1.54) is 0 Å². The molecule has 86 valence electrons. The molecule has 1 aromatic heterocycles. The van der Waals surface area contributed by atoms with Gasteiger partial charge in [-0.2, -0.15) is 0 Å². The van der Waals surface area contributed by atoms with Crippen molar-refractivity contribution in [3.8, 4) is 0 Å². The minimum absolute atomic E-state index is 0.468. The van der Waals surface area contributed by atoms with Crippen molar-refractivity contribution in [3.05, 3.63) is 41.0 Å². The van der Waals surface area contributed by atoms with Gasteiger partial charge in [-0.1, -0.05) is 45.4 Å². The predicted molar refractivity (Wildman–Crippen MR) is 72.2 cm³/mol. The van der Waals surface area contributed by atoms with Crippen LogP contribution in [0, 0.1) is 0 Å². The van der Waals surface area contributed by atoms with Crippen LogP contribution in [0.4, 0.5) is 0 Å². The highest BCUT2D eigenvalue weighted by Crippen LogP contribution is 2.20. The first-order valence-corrected chi connectivity index (χ1v) is 6.11. The van der Waals surface area contributed by atoms with Crippen molar-refractivity contribution < 1.29 is 0 Å². The summed E-state index contributed by atoms with van der Waals surface area (Å²) >= 11 is 5.89. The van der Waals surface area contributed by atoms with E-state index in [1.807, 2.05) is 32.0 Å². The van der Waals surface area contributed by atoms with Gasteiger partial charge in [0.2, 0.25) is 0 Å². The Morgan fingerprint density at radius 2 is 1.75 bits per heavy atom. The first kappa shape index (κ1) is 13.0. The lowest BCUT2D eigenvalue weighted by atomic mass is 10.1. The molecule has 2 aromatic rings. The Hall–Kier alpha value is -1.08. The molecule has 0 saturated carbocycles. The van der Waals surface area contributed by atoms with Gasteiger partial charge in [-0.05, 0) is 30.2 Å². The third-order valence-electron chi connectivity index (χ3n) is 2.26. The van der Waals surface area contributed by atoms with Crippen LogP contribution < -0.4 is 0 Å². The van der Waals surface area contributed by atoms with Gasteiger partial charge in [-0.3, -0.25) is 4.98 Å². The second-order valence-corrected chi connectivity index (χ2v) is 4.16. The first-order valence-electron chi connectivity index (χ1n) is 5.73. The smallest absolute Gasteiger partial charge is 0.0706 e. The van der Waals surface area contributed by atoms with E-state index in [1.54, 1.807) is 0 Å². The fraction of sp³-hybridized carbons (Fsp3) is 0.357. The molecule has 0 unspecified atom stereocenters. The Bertz CT molecular complexity index is 463. The van der Waals surface area contributed by atoms with Crippen LogP contribution in [-0.4, -0.2) is 4.98 Å². The monoisotopic (exact) mass is 235 g/mol. The van der Waals surface area contributed by atoms with Crippen LogP contribution in [0.25, 0.3) is 10.9 Å². The predicted octanol–water partition coefficient (Wildman–Crippen LogP) is 5.04. The lowest BCUT2D eigenvalue weighted by molar-refractivity contribution is 0.830. The lowest BCUT2D eigenvalue weighted by Crippen LogP contribution is -1.92. The summed E-state index contributed by atoms with van der Waals surface area (Å²) in [4.78, 5) is 4.56. The molecule has 1 aromatic carbocycles. The summed E-state index contributed by atoms with van der Waals surface area (Å²) in [5.41, 5.74) is 2.14. The Kier molecular flexibility index (Phi) is 4.75. The molecule has 0 radical (unpaired) electrons. The number of rotatable bonds is 1. The molecule has 0 aliphatic carbocycles. The summed E-state index contributed by atoms with van der Waals surface area (Å²) in [5, 5.41) is 1.86. The summed E-state index contributed by atoms with van der Waals surface area (Å²) in [6, 6.07) is 9.91. The third-order valence-corrected chi connectivity index (χ3v) is 2.50. The van der Waals surface area contributed by atoms with Gasteiger partial charge in [0.25, 0.3) is 0 Å². The van der Waals surface area contributed by atoms with Gasteiger partial charge in [0.15, 0.2) is 0 Å². The molecular formula is C14H18ClN. The quantitative estimate of drug-likeness (QED) is 0.675. The highest BCUT2D eigenvalue weighted by Gasteiger charge is 2.02. The minimum atomic E-state index is 0.468. The number of fused-ring (bicyclic) bond motifs is 1. The molecule has 0 aliphatic rings. The van der Waals surface area contributed by atoms with Gasteiger partial charge in [0.05, 0.1) is 5.52 Å². The fourth-order valence-electron chi connectivity index (χ4n) is 1.43. The van der Waals surface area contributed by atoms with Gasteiger partial charge in [-0.25, -0.2) is 0 Å². The topological polar surface area (TPSA) is 12.9 Å². The second-order valence-electron chi connectivity index (χ2n) is 3.73. The molecule has 0 fully saturated rings. The van der Waals surface area contributed by atoms with Crippen LogP contribution >= 0.6 is 11.6 Å². The van der Waals surface area contributed by atoms with E-state index in [9.17, 15) is 0 Å². The molecule has 0 spiro atoms. The summed E-state index contributed by atoms with van der Waals surface area (Å²) < 4.78 is 0. The Balaban J connectivity index is 0.000000606. The van der Waals surface area contributed by atoms with Crippen LogP contribution in [0.2, 0.25) is 5.02 Å². The highest BCUT2D eigenvalue weighted by atomic mass is 35.5. The van der Waals surface area contributed by atoms with Gasteiger partial charge in [0, 0.05) is 16.1 Å². The summed E-state index contributed by atoms with van der Waals surface area (Å²) in [6.07, 6.45) is 0. The number of nitrogens with zero attached hydrogens (tertiary/aromatic N) is 1. The Labute approximate surface area is 102 Å².